The Balaban J connectivity index is 1.50. The van der Waals surface area contributed by atoms with Crippen molar-refractivity contribution >= 4 is 16.8 Å². The molecule has 1 aromatic heterocycles. The van der Waals surface area contributed by atoms with Crippen molar-refractivity contribution in [2.24, 2.45) is 0 Å². The Morgan fingerprint density at radius 3 is 2.79 bits per heavy atom. The van der Waals surface area contributed by atoms with Gasteiger partial charge in [0.2, 0.25) is 5.91 Å². The number of aromatic nitrogens is 1. The number of rotatable bonds is 6. The van der Waals surface area contributed by atoms with Crippen LogP contribution in [0.25, 0.3) is 10.9 Å². The molecule has 0 bridgehead atoms. The molecule has 0 spiro atoms. The van der Waals surface area contributed by atoms with Crippen LogP contribution in [-0.2, 0) is 11.2 Å². The number of hydrogen-bond acceptors (Lipinski definition) is 2. The standard InChI is InChI=1S/C20H29N3O/c1-3-6-20(24)22-16-9-12-23(13-10-16)14-11-17-15(2)21-19-8-5-4-7-18(17)19/h4-5,7-8,16,21H,3,6,9-14H2,1-2H3,(H,22,24). The van der Waals surface area contributed by atoms with Gasteiger partial charge in [-0.15, -0.1) is 0 Å². The number of fused-ring (bicyclic) bond motifs is 1. The lowest BCUT2D eigenvalue weighted by atomic mass is 10.0. The number of hydrogen-bond donors (Lipinski definition) is 2. The number of likely N-dealkylation sites (tertiary alicyclic amines) is 1. The molecule has 2 N–H and O–H groups in total. The fourth-order valence-corrected chi connectivity index (χ4v) is 3.75. The third-order valence-electron chi connectivity index (χ3n) is 5.13. The molecule has 1 aliphatic heterocycles. The largest absolute Gasteiger partial charge is 0.358 e. The third-order valence-corrected chi connectivity index (χ3v) is 5.13. The summed E-state index contributed by atoms with van der Waals surface area (Å²) in [5.41, 5.74) is 3.98. The van der Waals surface area contributed by atoms with Gasteiger partial charge in [0.25, 0.3) is 0 Å². The molecule has 2 aromatic rings. The van der Waals surface area contributed by atoms with Crippen molar-refractivity contribution in [1.82, 2.24) is 15.2 Å². The third kappa shape index (κ3) is 3.99. The molecule has 0 saturated carbocycles. The Labute approximate surface area is 144 Å². The van der Waals surface area contributed by atoms with Crippen molar-refractivity contribution in [1.29, 1.82) is 0 Å². The van der Waals surface area contributed by atoms with Crippen LogP contribution in [0.3, 0.4) is 0 Å². The number of aryl methyl sites for hydroxylation is 1. The van der Waals surface area contributed by atoms with E-state index in [0.717, 1.165) is 45.3 Å². The van der Waals surface area contributed by atoms with Crippen molar-refractivity contribution in [3.63, 3.8) is 0 Å². The van der Waals surface area contributed by atoms with Crippen molar-refractivity contribution in [2.45, 2.75) is 52.0 Å². The molecule has 1 saturated heterocycles. The van der Waals surface area contributed by atoms with Gasteiger partial charge in [0.1, 0.15) is 0 Å². The molecular formula is C20H29N3O. The van der Waals surface area contributed by atoms with Gasteiger partial charge in [-0.2, -0.15) is 0 Å². The van der Waals surface area contributed by atoms with Crippen LogP contribution in [0.1, 0.15) is 43.9 Å². The molecule has 1 amide bonds. The van der Waals surface area contributed by atoms with E-state index in [-0.39, 0.29) is 5.91 Å². The van der Waals surface area contributed by atoms with Gasteiger partial charge in [0, 0.05) is 48.7 Å². The number of carbonyl (C=O) groups is 1. The summed E-state index contributed by atoms with van der Waals surface area (Å²) in [6, 6.07) is 8.93. The van der Waals surface area contributed by atoms with E-state index in [4.69, 9.17) is 0 Å². The Morgan fingerprint density at radius 2 is 2.04 bits per heavy atom. The smallest absolute Gasteiger partial charge is 0.220 e. The second-order valence-electron chi connectivity index (χ2n) is 6.96. The van der Waals surface area contributed by atoms with Crippen molar-refractivity contribution in [3.05, 3.63) is 35.5 Å². The molecule has 0 unspecified atom stereocenters. The Bertz CT molecular complexity index is 683. The second-order valence-corrected chi connectivity index (χ2v) is 6.96. The summed E-state index contributed by atoms with van der Waals surface area (Å²) in [4.78, 5) is 17.7. The van der Waals surface area contributed by atoms with Crippen molar-refractivity contribution < 1.29 is 4.79 Å². The van der Waals surface area contributed by atoms with E-state index in [1.165, 1.54) is 22.2 Å². The summed E-state index contributed by atoms with van der Waals surface area (Å²) in [5, 5.41) is 4.53. The molecule has 3 rings (SSSR count). The van der Waals surface area contributed by atoms with Gasteiger partial charge >= 0.3 is 0 Å². The molecule has 1 aromatic carbocycles. The van der Waals surface area contributed by atoms with E-state index in [1.807, 2.05) is 0 Å². The minimum absolute atomic E-state index is 0.213. The molecule has 24 heavy (non-hydrogen) atoms. The van der Waals surface area contributed by atoms with Crippen LogP contribution in [0.2, 0.25) is 0 Å². The van der Waals surface area contributed by atoms with Gasteiger partial charge in [-0.05, 0) is 44.2 Å². The highest BCUT2D eigenvalue weighted by molar-refractivity contribution is 5.84. The molecule has 0 atom stereocenters. The van der Waals surface area contributed by atoms with Crippen LogP contribution in [0.5, 0.6) is 0 Å². The Hall–Kier alpha value is -1.81. The normalized spacial score (nSPS) is 16.6. The molecule has 4 nitrogen and oxygen atoms in total. The lowest BCUT2D eigenvalue weighted by Crippen LogP contribution is -2.45. The lowest BCUT2D eigenvalue weighted by molar-refractivity contribution is -0.122. The molecule has 0 radical (unpaired) electrons. The van der Waals surface area contributed by atoms with Crippen molar-refractivity contribution in [2.75, 3.05) is 19.6 Å². The molecule has 1 fully saturated rings. The van der Waals surface area contributed by atoms with Gasteiger partial charge in [-0.3, -0.25) is 4.79 Å². The topological polar surface area (TPSA) is 48.1 Å². The summed E-state index contributed by atoms with van der Waals surface area (Å²) < 4.78 is 0. The number of H-pyrrole nitrogens is 1. The van der Waals surface area contributed by atoms with Gasteiger partial charge in [-0.25, -0.2) is 0 Å². The second kappa shape index (κ2) is 7.84. The highest BCUT2D eigenvalue weighted by Crippen LogP contribution is 2.23. The number of para-hydroxylation sites is 1. The zero-order chi connectivity index (χ0) is 16.9. The monoisotopic (exact) mass is 327 g/mol. The molecule has 1 aliphatic rings. The molecular weight excluding hydrogens is 298 g/mol. The predicted octanol–water partition coefficient (Wildman–Crippen LogP) is 3.40. The molecule has 4 heteroatoms. The minimum atomic E-state index is 0.213. The summed E-state index contributed by atoms with van der Waals surface area (Å²) in [7, 11) is 0. The first-order valence-electron chi connectivity index (χ1n) is 9.25. The fraction of sp³-hybridized carbons (Fsp3) is 0.550. The fourth-order valence-electron chi connectivity index (χ4n) is 3.75. The summed E-state index contributed by atoms with van der Waals surface area (Å²) in [6.45, 7) is 7.48. The van der Waals surface area contributed by atoms with Gasteiger partial charge in [0.05, 0.1) is 0 Å². The summed E-state index contributed by atoms with van der Waals surface area (Å²) in [5.74, 6) is 0.213. The summed E-state index contributed by atoms with van der Waals surface area (Å²) >= 11 is 0. The molecule has 130 valence electrons. The predicted molar refractivity (Wildman–Crippen MR) is 99.3 cm³/mol. The number of piperidine rings is 1. The molecule has 0 aliphatic carbocycles. The average molecular weight is 327 g/mol. The van der Waals surface area contributed by atoms with Gasteiger partial charge < -0.3 is 15.2 Å². The minimum Gasteiger partial charge on any atom is -0.358 e. The Morgan fingerprint density at radius 1 is 1.29 bits per heavy atom. The van der Waals surface area contributed by atoms with E-state index in [9.17, 15) is 4.79 Å². The number of amides is 1. The first-order valence-corrected chi connectivity index (χ1v) is 9.25. The number of nitrogens with one attached hydrogen (secondary N) is 2. The van der Waals surface area contributed by atoms with E-state index >= 15 is 0 Å². The van der Waals surface area contributed by atoms with Gasteiger partial charge in [-0.1, -0.05) is 25.1 Å². The van der Waals surface area contributed by atoms with Crippen LogP contribution >= 0.6 is 0 Å². The lowest BCUT2D eigenvalue weighted by Gasteiger charge is -2.32. The highest BCUT2D eigenvalue weighted by atomic mass is 16.1. The van der Waals surface area contributed by atoms with E-state index in [1.54, 1.807) is 0 Å². The highest BCUT2D eigenvalue weighted by Gasteiger charge is 2.20. The average Bonchev–Trinajstić information content (AvgIpc) is 2.90. The van der Waals surface area contributed by atoms with Crippen LogP contribution in [0, 0.1) is 6.92 Å². The zero-order valence-electron chi connectivity index (χ0n) is 14.9. The maximum absolute atomic E-state index is 11.7. The first kappa shape index (κ1) is 17.0. The number of nitrogens with zero attached hydrogens (tertiary/aromatic N) is 1. The zero-order valence-corrected chi connectivity index (χ0v) is 14.9. The SMILES string of the molecule is CCCC(=O)NC1CCN(CCc2c(C)[nH]c3ccccc23)CC1. The van der Waals surface area contributed by atoms with Crippen LogP contribution in [0.4, 0.5) is 0 Å². The maximum Gasteiger partial charge on any atom is 0.220 e. The van der Waals surface area contributed by atoms with Crippen LogP contribution < -0.4 is 5.32 Å². The van der Waals surface area contributed by atoms with E-state index in [0.29, 0.717) is 12.5 Å². The number of aromatic amines is 1. The number of carbonyl (C=O) groups excluding carboxylic acids is 1. The van der Waals surface area contributed by atoms with Crippen molar-refractivity contribution in [3.8, 4) is 0 Å². The molecule has 2 heterocycles. The van der Waals surface area contributed by atoms with Crippen LogP contribution in [-0.4, -0.2) is 41.5 Å². The van der Waals surface area contributed by atoms with Crippen LogP contribution in [0.15, 0.2) is 24.3 Å². The van der Waals surface area contributed by atoms with Gasteiger partial charge in [0.15, 0.2) is 0 Å². The Kier molecular flexibility index (Phi) is 5.56. The summed E-state index contributed by atoms with van der Waals surface area (Å²) in [6.07, 6.45) is 4.81. The maximum atomic E-state index is 11.7. The quantitative estimate of drug-likeness (QED) is 0.854. The van der Waals surface area contributed by atoms with E-state index < -0.39 is 0 Å². The number of benzene rings is 1. The first-order chi connectivity index (χ1) is 11.7. The van der Waals surface area contributed by atoms with E-state index in [2.05, 4.69) is 53.3 Å².